The van der Waals surface area contributed by atoms with Crippen LogP contribution in [0.2, 0.25) is 10.0 Å². The fraction of sp³-hybridized carbons (Fsp3) is 0.130. The Balaban J connectivity index is 1.65. The zero-order chi connectivity index (χ0) is 21.4. The minimum Gasteiger partial charge on any atom is -0.494 e. The Morgan fingerprint density at radius 3 is 2.47 bits per heavy atom. The summed E-state index contributed by atoms with van der Waals surface area (Å²) >= 11 is 12.2. The zero-order valence-electron chi connectivity index (χ0n) is 16.5. The molecule has 7 heteroatoms. The van der Waals surface area contributed by atoms with Gasteiger partial charge < -0.3 is 14.5 Å². The van der Waals surface area contributed by atoms with E-state index in [0.29, 0.717) is 27.7 Å². The van der Waals surface area contributed by atoms with Crippen LogP contribution < -0.4 is 10.1 Å². The molecule has 0 fully saturated rings. The van der Waals surface area contributed by atoms with Gasteiger partial charge in [0.2, 0.25) is 5.89 Å². The Morgan fingerprint density at radius 2 is 1.77 bits per heavy atom. The van der Waals surface area contributed by atoms with Gasteiger partial charge in [-0.05, 0) is 56.3 Å². The number of anilines is 1. The topological polar surface area (TPSA) is 64.4 Å². The Bertz CT molecular complexity index is 1260. The summed E-state index contributed by atoms with van der Waals surface area (Å²) in [6.07, 6.45) is 0. The third-order valence-electron chi connectivity index (χ3n) is 4.57. The van der Waals surface area contributed by atoms with Gasteiger partial charge in [-0.15, -0.1) is 0 Å². The zero-order valence-corrected chi connectivity index (χ0v) is 18.1. The number of halogens is 2. The van der Waals surface area contributed by atoms with Crippen LogP contribution in [0.3, 0.4) is 0 Å². The number of rotatable bonds is 4. The fourth-order valence-electron chi connectivity index (χ4n) is 3.36. The number of ether oxygens (including phenoxy) is 1. The maximum Gasteiger partial charge on any atom is 0.259 e. The van der Waals surface area contributed by atoms with Crippen LogP contribution in [0, 0.1) is 13.8 Å². The summed E-state index contributed by atoms with van der Waals surface area (Å²) < 4.78 is 11.2. The van der Waals surface area contributed by atoms with Crippen molar-refractivity contribution in [3.05, 3.63) is 75.3 Å². The van der Waals surface area contributed by atoms with E-state index in [9.17, 15) is 4.79 Å². The Kier molecular flexibility index (Phi) is 5.41. The minimum absolute atomic E-state index is 0.242. The third-order valence-corrected chi connectivity index (χ3v) is 5.07. The molecule has 1 amide bonds. The molecule has 3 aromatic carbocycles. The lowest BCUT2D eigenvalue weighted by atomic mass is 10.1. The van der Waals surface area contributed by atoms with Crippen molar-refractivity contribution < 1.29 is 13.9 Å². The summed E-state index contributed by atoms with van der Waals surface area (Å²) in [6.45, 7) is 4.06. The third kappa shape index (κ3) is 3.99. The number of oxazole rings is 1. The Morgan fingerprint density at radius 1 is 1.03 bits per heavy atom. The molecule has 152 valence electrons. The molecule has 4 rings (SSSR count). The summed E-state index contributed by atoms with van der Waals surface area (Å²) in [4.78, 5) is 17.4. The van der Waals surface area contributed by atoms with Gasteiger partial charge in [0.05, 0.1) is 17.7 Å². The van der Waals surface area contributed by atoms with Crippen LogP contribution in [0.15, 0.2) is 52.9 Å². The van der Waals surface area contributed by atoms with E-state index in [1.54, 1.807) is 18.2 Å². The molecule has 0 aliphatic carbocycles. The molecule has 0 spiro atoms. The number of aryl methyl sites for hydroxylation is 2. The Labute approximate surface area is 183 Å². The van der Waals surface area contributed by atoms with Gasteiger partial charge in [-0.1, -0.05) is 40.4 Å². The fourth-order valence-corrected chi connectivity index (χ4v) is 3.93. The lowest BCUT2D eigenvalue weighted by Gasteiger charge is -2.11. The van der Waals surface area contributed by atoms with Crippen molar-refractivity contribution in [3.63, 3.8) is 0 Å². The average Bonchev–Trinajstić information content (AvgIpc) is 3.10. The molecule has 4 aromatic rings. The van der Waals surface area contributed by atoms with Crippen LogP contribution in [-0.2, 0) is 0 Å². The van der Waals surface area contributed by atoms with Crippen molar-refractivity contribution >= 4 is 45.9 Å². The predicted octanol–water partition coefficient (Wildman–Crippen LogP) is 6.68. The van der Waals surface area contributed by atoms with Gasteiger partial charge in [-0.2, -0.15) is 0 Å². The number of fused-ring (bicyclic) bond motifs is 1. The van der Waals surface area contributed by atoms with E-state index in [-0.39, 0.29) is 16.3 Å². The maximum absolute atomic E-state index is 12.8. The number of nitrogens with zero attached hydrogens (tertiary/aromatic N) is 1. The molecule has 1 heterocycles. The van der Waals surface area contributed by atoms with Gasteiger partial charge in [0.15, 0.2) is 5.58 Å². The van der Waals surface area contributed by atoms with E-state index in [2.05, 4.69) is 16.4 Å². The van der Waals surface area contributed by atoms with Crippen molar-refractivity contribution in [1.29, 1.82) is 0 Å². The first-order chi connectivity index (χ1) is 14.3. The number of amides is 1. The largest absolute Gasteiger partial charge is 0.494 e. The molecule has 0 saturated carbocycles. The van der Waals surface area contributed by atoms with E-state index in [1.165, 1.54) is 19.2 Å². The number of carbonyl (C=O) groups is 1. The number of methoxy groups -OCH3 is 1. The van der Waals surface area contributed by atoms with Crippen molar-refractivity contribution in [2.45, 2.75) is 13.8 Å². The molecule has 0 bridgehead atoms. The van der Waals surface area contributed by atoms with Crippen LogP contribution in [0.1, 0.15) is 21.5 Å². The summed E-state index contributed by atoms with van der Waals surface area (Å²) in [7, 11) is 1.45. The van der Waals surface area contributed by atoms with Crippen molar-refractivity contribution in [2.24, 2.45) is 0 Å². The number of hydrogen-bond acceptors (Lipinski definition) is 4. The standard InChI is InChI=1S/C23H18Cl2N2O3/c1-12-6-13(2)8-14(7-12)23-27-19-11-16(4-5-20(19)30-23)26-22(28)17-9-15(24)10-18(25)21(17)29-3/h4-11H,1-3H3,(H,26,28). The highest BCUT2D eigenvalue weighted by atomic mass is 35.5. The number of aromatic nitrogens is 1. The molecule has 0 radical (unpaired) electrons. The summed E-state index contributed by atoms with van der Waals surface area (Å²) in [5, 5.41) is 3.44. The maximum atomic E-state index is 12.8. The number of nitrogens with one attached hydrogen (secondary N) is 1. The molecule has 1 aromatic heterocycles. The molecular weight excluding hydrogens is 423 g/mol. The smallest absolute Gasteiger partial charge is 0.259 e. The molecular formula is C23H18Cl2N2O3. The van der Waals surface area contributed by atoms with Gasteiger partial charge in [0.1, 0.15) is 11.3 Å². The van der Waals surface area contributed by atoms with Crippen molar-refractivity contribution in [2.75, 3.05) is 12.4 Å². The highest BCUT2D eigenvalue weighted by Gasteiger charge is 2.18. The van der Waals surface area contributed by atoms with Gasteiger partial charge >= 0.3 is 0 Å². The Hall–Kier alpha value is -3.02. The number of benzene rings is 3. The van der Waals surface area contributed by atoms with Crippen LogP contribution in [0.25, 0.3) is 22.6 Å². The monoisotopic (exact) mass is 440 g/mol. The first kappa shape index (κ1) is 20.3. The minimum atomic E-state index is -0.395. The molecule has 0 unspecified atom stereocenters. The van der Waals surface area contributed by atoms with Crippen molar-refractivity contribution in [1.82, 2.24) is 4.98 Å². The summed E-state index contributed by atoms with van der Waals surface area (Å²) in [5.74, 6) is 0.399. The van der Waals surface area contributed by atoms with Crippen LogP contribution in [0.5, 0.6) is 5.75 Å². The molecule has 1 N–H and O–H groups in total. The highest BCUT2D eigenvalue weighted by Crippen LogP contribution is 2.33. The molecule has 0 aliphatic heterocycles. The quantitative estimate of drug-likeness (QED) is 0.384. The van der Waals surface area contributed by atoms with E-state index in [4.69, 9.17) is 32.4 Å². The second-order valence-electron chi connectivity index (χ2n) is 7.00. The lowest BCUT2D eigenvalue weighted by molar-refractivity contribution is 0.102. The predicted molar refractivity (Wildman–Crippen MR) is 120 cm³/mol. The van der Waals surface area contributed by atoms with Gasteiger partial charge in [0.25, 0.3) is 5.91 Å². The number of hydrogen-bond donors (Lipinski definition) is 1. The van der Waals surface area contributed by atoms with Crippen molar-refractivity contribution in [3.8, 4) is 17.2 Å². The van der Waals surface area contributed by atoms with Gasteiger partial charge in [-0.25, -0.2) is 4.98 Å². The molecule has 0 atom stereocenters. The second kappa shape index (κ2) is 8.01. The van der Waals surface area contributed by atoms with Crippen LogP contribution in [-0.4, -0.2) is 18.0 Å². The molecule has 30 heavy (non-hydrogen) atoms. The summed E-state index contributed by atoms with van der Waals surface area (Å²) in [6, 6.07) is 14.4. The lowest BCUT2D eigenvalue weighted by Crippen LogP contribution is -2.13. The highest BCUT2D eigenvalue weighted by molar-refractivity contribution is 6.36. The number of carbonyl (C=O) groups excluding carboxylic acids is 1. The van der Waals surface area contributed by atoms with Gasteiger partial charge in [0, 0.05) is 16.3 Å². The first-order valence-electron chi connectivity index (χ1n) is 9.17. The second-order valence-corrected chi connectivity index (χ2v) is 7.84. The summed E-state index contributed by atoms with van der Waals surface area (Å²) in [5.41, 5.74) is 5.25. The van der Waals surface area contributed by atoms with E-state index in [1.807, 2.05) is 26.0 Å². The molecule has 5 nitrogen and oxygen atoms in total. The molecule has 0 aliphatic rings. The first-order valence-corrected chi connectivity index (χ1v) is 9.93. The SMILES string of the molecule is COc1c(Cl)cc(Cl)cc1C(=O)Nc1ccc2oc(-c3cc(C)cc(C)c3)nc2c1. The van der Waals surface area contributed by atoms with E-state index in [0.717, 1.165) is 16.7 Å². The van der Waals surface area contributed by atoms with Crippen LogP contribution in [0.4, 0.5) is 5.69 Å². The normalized spacial score (nSPS) is 11.0. The van der Waals surface area contributed by atoms with E-state index >= 15 is 0 Å². The molecule has 0 saturated heterocycles. The van der Waals surface area contributed by atoms with Crippen LogP contribution >= 0.6 is 23.2 Å². The van der Waals surface area contributed by atoms with E-state index < -0.39 is 5.91 Å². The average molecular weight is 441 g/mol. The van der Waals surface area contributed by atoms with Gasteiger partial charge in [-0.3, -0.25) is 4.79 Å².